The smallest absolute Gasteiger partial charge is 0.0390 e. The molecular formula is C21H23N. The van der Waals surface area contributed by atoms with Crippen LogP contribution in [0.5, 0.6) is 0 Å². The highest BCUT2D eigenvalue weighted by atomic mass is 14.9. The molecule has 0 atom stereocenters. The van der Waals surface area contributed by atoms with Crippen LogP contribution in [0.15, 0.2) is 66.7 Å². The second-order valence-corrected chi connectivity index (χ2v) is 5.84. The second-order valence-electron chi connectivity index (χ2n) is 5.84. The number of hydrogen-bond donors (Lipinski definition) is 1. The maximum absolute atomic E-state index is 3.45. The van der Waals surface area contributed by atoms with E-state index in [-0.39, 0.29) is 0 Å². The fourth-order valence-corrected chi connectivity index (χ4v) is 2.80. The number of hydrogen-bond acceptors (Lipinski definition) is 1. The Kier molecular flexibility index (Phi) is 4.75. The molecule has 0 aliphatic heterocycles. The first-order chi connectivity index (χ1) is 10.8. The van der Waals surface area contributed by atoms with Crippen molar-refractivity contribution in [1.82, 2.24) is 0 Å². The van der Waals surface area contributed by atoms with Gasteiger partial charge in [-0.2, -0.15) is 0 Å². The van der Waals surface area contributed by atoms with E-state index in [2.05, 4.69) is 60.8 Å². The molecule has 0 saturated carbocycles. The van der Waals surface area contributed by atoms with Gasteiger partial charge in [-0.3, -0.25) is 0 Å². The Bertz CT molecular complexity index is 731. The highest BCUT2D eigenvalue weighted by Gasteiger charge is 2.00. The second kappa shape index (κ2) is 7.13. The van der Waals surface area contributed by atoms with E-state index in [1.807, 2.05) is 18.2 Å². The summed E-state index contributed by atoms with van der Waals surface area (Å²) in [7, 11) is 0. The number of unbranched alkanes of at least 4 members (excludes halogenated alkanes) is 2. The number of nitrogens with one attached hydrogen (secondary N) is 1. The maximum atomic E-state index is 3.45. The Hall–Kier alpha value is -2.28. The number of benzene rings is 3. The van der Waals surface area contributed by atoms with Crippen LogP contribution in [0.3, 0.4) is 0 Å². The fraction of sp³-hybridized carbons (Fsp3) is 0.238. The van der Waals surface area contributed by atoms with Crippen LogP contribution in [0.25, 0.3) is 10.8 Å². The molecule has 3 rings (SSSR count). The molecule has 0 amide bonds. The summed E-state index contributed by atoms with van der Waals surface area (Å²) in [5.74, 6) is 0. The first-order valence-corrected chi connectivity index (χ1v) is 8.20. The molecule has 1 heteroatoms. The molecule has 3 aromatic rings. The Morgan fingerprint density at radius 1 is 0.727 bits per heavy atom. The third kappa shape index (κ3) is 3.67. The van der Waals surface area contributed by atoms with Crippen LogP contribution in [0, 0.1) is 0 Å². The monoisotopic (exact) mass is 289 g/mol. The van der Waals surface area contributed by atoms with Crippen molar-refractivity contribution < 1.29 is 0 Å². The zero-order valence-electron chi connectivity index (χ0n) is 13.2. The molecule has 0 aromatic heterocycles. The van der Waals surface area contributed by atoms with Gasteiger partial charge in [-0.05, 0) is 53.4 Å². The molecule has 0 radical (unpaired) electrons. The van der Waals surface area contributed by atoms with Crippen molar-refractivity contribution in [2.45, 2.75) is 32.6 Å². The molecule has 0 aliphatic carbocycles. The summed E-state index contributed by atoms with van der Waals surface area (Å²) in [6, 6.07) is 23.7. The molecule has 0 fully saturated rings. The van der Waals surface area contributed by atoms with Crippen molar-refractivity contribution in [3.8, 4) is 0 Å². The molecule has 0 spiro atoms. The summed E-state index contributed by atoms with van der Waals surface area (Å²) >= 11 is 0. The molecule has 0 aliphatic rings. The van der Waals surface area contributed by atoms with Gasteiger partial charge in [-0.1, -0.05) is 62.2 Å². The van der Waals surface area contributed by atoms with E-state index in [1.54, 1.807) is 0 Å². The molecule has 112 valence electrons. The zero-order valence-corrected chi connectivity index (χ0v) is 13.2. The van der Waals surface area contributed by atoms with Crippen LogP contribution in [0.4, 0.5) is 11.4 Å². The molecule has 0 bridgehead atoms. The molecule has 3 aromatic carbocycles. The van der Waals surface area contributed by atoms with Crippen molar-refractivity contribution in [3.05, 3.63) is 72.3 Å². The SMILES string of the molecule is CCCCCc1ccc2cc(Nc3ccccc3)ccc2c1. The summed E-state index contributed by atoms with van der Waals surface area (Å²) in [5.41, 5.74) is 3.71. The van der Waals surface area contributed by atoms with Crippen molar-refractivity contribution in [2.75, 3.05) is 5.32 Å². The van der Waals surface area contributed by atoms with Gasteiger partial charge in [-0.25, -0.2) is 0 Å². The van der Waals surface area contributed by atoms with Gasteiger partial charge in [0.1, 0.15) is 0 Å². The lowest BCUT2D eigenvalue weighted by molar-refractivity contribution is 0.718. The highest BCUT2D eigenvalue weighted by Crippen LogP contribution is 2.24. The van der Waals surface area contributed by atoms with Crippen molar-refractivity contribution in [1.29, 1.82) is 0 Å². The molecule has 1 N–H and O–H groups in total. The van der Waals surface area contributed by atoms with Crippen LogP contribution in [-0.4, -0.2) is 0 Å². The molecule has 0 saturated heterocycles. The third-order valence-electron chi connectivity index (χ3n) is 4.04. The Morgan fingerprint density at radius 2 is 1.50 bits per heavy atom. The highest BCUT2D eigenvalue weighted by molar-refractivity contribution is 5.87. The third-order valence-corrected chi connectivity index (χ3v) is 4.04. The molecule has 22 heavy (non-hydrogen) atoms. The quantitative estimate of drug-likeness (QED) is 0.524. The summed E-state index contributed by atoms with van der Waals surface area (Å²) in [6.07, 6.45) is 5.07. The number of aryl methyl sites for hydroxylation is 1. The van der Waals surface area contributed by atoms with Crippen LogP contribution in [0.2, 0.25) is 0 Å². The summed E-state index contributed by atoms with van der Waals surface area (Å²) in [4.78, 5) is 0. The van der Waals surface area contributed by atoms with Crippen LogP contribution < -0.4 is 5.32 Å². The van der Waals surface area contributed by atoms with Crippen LogP contribution in [-0.2, 0) is 6.42 Å². The fourth-order valence-electron chi connectivity index (χ4n) is 2.80. The minimum atomic E-state index is 1.12. The van der Waals surface area contributed by atoms with Gasteiger partial charge >= 0.3 is 0 Å². The van der Waals surface area contributed by atoms with E-state index < -0.39 is 0 Å². The molecule has 1 nitrogen and oxygen atoms in total. The van der Waals surface area contributed by atoms with E-state index in [9.17, 15) is 0 Å². The minimum absolute atomic E-state index is 1.12. The average Bonchev–Trinajstić information content (AvgIpc) is 2.56. The molecule has 0 unspecified atom stereocenters. The summed E-state index contributed by atoms with van der Waals surface area (Å²) < 4.78 is 0. The first-order valence-electron chi connectivity index (χ1n) is 8.20. The van der Waals surface area contributed by atoms with Gasteiger partial charge in [0.25, 0.3) is 0 Å². The van der Waals surface area contributed by atoms with Gasteiger partial charge in [0.2, 0.25) is 0 Å². The zero-order chi connectivity index (χ0) is 15.2. The van der Waals surface area contributed by atoms with Gasteiger partial charge in [-0.15, -0.1) is 0 Å². The lowest BCUT2D eigenvalue weighted by Gasteiger charge is -2.09. The topological polar surface area (TPSA) is 12.0 Å². The predicted molar refractivity (Wildman–Crippen MR) is 96.9 cm³/mol. The lowest BCUT2D eigenvalue weighted by Crippen LogP contribution is -1.90. The largest absolute Gasteiger partial charge is 0.356 e. The summed E-state index contributed by atoms with van der Waals surface area (Å²) in [6.45, 7) is 2.25. The van der Waals surface area contributed by atoms with Gasteiger partial charge in [0.05, 0.1) is 0 Å². The molecule has 0 heterocycles. The van der Waals surface area contributed by atoms with Crippen molar-refractivity contribution >= 4 is 22.1 Å². The summed E-state index contributed by atoms with van der Waals surface area (Å²) in [5, 5.41) is 6.07. The number of para-hydroxylation sites is 1. The maximum Gasteiger partial charge on any atom is 0.0390 e. The standard InChI is InChI=1S/C21H23N/c1-2-3-5-8-17-11-12-19-16-21(14-13-18(19)15-17)22-20-9-6-4-7-10-20/h4,6-7,9-16,22H,2-3,5,8H2,1H3. The van der Waals surface area contributed by atoms with Gasteiger partial charge in [0.15, 0.2) is 0 Å². The minimum Gasteiger partial charge on any atom is -0.356 e. The van der Waals surface area contributed by atoms with Crippen LogP contribution >= 0.6 is 0 Å². The van der Waals surface area contributed by atoms with Crippen molar-refractivity contribution in [3.63, 3.8) is 0 Å². The van der Waals surface area contributed by atoms with E-state index >= 15 is 0 Å². The lowest BCUT2D eigenvalue weighted by atomic mass is 10.0. The van der Waals surface area contributed by atoms with Crippen molar-refractivity contribution in [2.24, 2.45) is 0 Å². The normalized spacial score (nSPS) is 10.8. The number of rotatable bonds is 6. The Morgan fingerprint density at radius 3 is 2.32 bits per heavy atom. The van der Waals surface area contributed by atoms with E-state index in [1.165, 1.54) is 42.0 Å². The van der Waals surface area contributed by atoms with Gasteiger partial charge in [0, 0.05) is 11.4 Å². The Balaban J connectivity index is 1.77. The number of anilines is 2. The van der Waals surface area contributed by atoms with E-state index in [0.717, 1.165) is 11.4 Å². The Labute approximate surface area is 133 Å². The number of fused-ring (bicyclic) bond motifs is 1. The van der Waals surface area contributed by atoms with E-state index in [4.69, 9.17) is 0 Å². The predicted octanol–water partition coefficient (Wildman–Crippen LogP) is 6.32. The van der Waals surface area contributed by atoms with E-state index in [0.29, 0.717) is 0 Å². The average molecular weight is 289 g/mol. The van der Waals surface area contributed by atoms with Gasteiger partial charge < -0.3 is 5.32 Å². The molecular weight excluding hydrogens is 266 g/mol. The van der Waals surface area contributed by atoms with Crippen LogP contribution in [0.1, 0.15) is 31.7 Å². The first kappa shape index (κ1) is 14.6.